The highest BCUT2D eigenvalue weighted by Crippen LogP contribution is 1.99. The third-order valence-electron chi connectivity index (χ3n) is 9.04. The maximum atomic E-state index is 11.9. The number of ketones is 2. The van der Waals surface area contributed by atoms with Crippen LogP contribution in [-0.4, -0.2) is 314 Å². The summed E-state index contributed by atoms with van der Waals surface area (Å²) in [5.74, 6) is -5.01. The molecule has 0 aromatic carbocycles. The zero-order valence-electron chi connectivity index (χ0n) is 53.1. The number of aliphatic imine (C=N–C) groups is 1. The number of methoxy groups -OCH3 is 2. The molecule has 0 saturated heterocycles. The highest BCUT2D eigenvalue weighted by Gasteiger charge is 2.18. The number of nitrogens with one attached hydrogen (secondary N) is 1. The molecular formula is C56H90N2O34. The predicted molar refractivity (Wildman–Crippen MR) is 308 cm³/mol. The molecule has 0 heterocycles. The van der Waals surface area contributed by atoms with Crippen LogP contribution in [0.2, 0.25) is 0 Å². The van der Waals surface area contributed by atoms with E-state index in [0.29, 0.717) is 5.57 Å². The van der Waals surface area contributed by atoms with Gasteiger partial charge in [-0.05, 0) is 27.7 Å². The molecule has 0 aliphatic heterocycles. The number of aliphatic hydroxyl groups is 1. The van der Waals surface area contributed by atoms with Gasteiger partial charge in [0.2, 0.25) is 6.08 Å². The van der Waals surface area contributed by atoms with Crippen LogP contribution in [0.1, 0.15) is 27.7 Å². The van der Waals surface area contributed by atoms with Crippen molar-refractivity contribution in [3.05, 3.63) is 24.3 Å². The van der Waals surface area contributed by atoms with Crippen LogP contribution in [-0.2, 0) is 152 Å². The van der Waals surface area contributed by atoms with Crippen LogP contribution in [0.5, 0.6) is 0 Å². The minimum atomic E-state index is -0.899. The van der Waals surface area contributed by atoms with E-state index >= 15 is 0 Å². The molecule has 0 aromatic rings. The van der Waals surface area contributed by atoms with E-state index in [1.54, 1.807) is 6.92 Å². The van der Waals surface area contributed by atoms with Crippen LogP contribution < -0.4 is 5.32 Å². The number of hydrogen-bond acceptors (Lipinski definition) is 35. The Balaban J connectivity index is -0.00000151. The van der Waals surface area contributed by atoms with Crippen molar-refractivity contribution in [1.29, 1.82) is 0 Å². The lowest BCUT2D eigenvalue weighted by molar-refractivity contribution is -0.156. The van der Waals surface area contributed by atoms with Gasteiger partial charge in [-0.15, -0.1) is 0 Å². The molecule has 0 aliphatic carbocycles. The van der Waals surface area contributed by atoms with Gasteiger partial charge >= 0.3 is 53.8 Å². The molecule has 2 unspecified atom stereocenters. The molecular weight excluding hydrogens is 1240 g/mol. The lowest BCUT2D eigenvalue weighted by Crippen LogP contribution is -2.36. The van der Waals surface area contributed by atoms with Gasteiger partial charge in [0, 0.05) is 25.4 Å². The summed E-state index contributed by atoms with van der Waals surface area (Å²) in [5.41, 5.74) is 0.562. The molecule has 2 N–H and O–H groups in total. The van der Waals surface area contributed by atoms with Crippen molar-refractivity contribution >= 4 is 71.5 Å². The van der Waals surface area contributed by atoms with Gasteiger partial charge in [-0.2, -0.15) is 0 Å². The van der Waals surface area contributed by atoms with E-state index in [-0.39, 0.29) is 222 Å². The van der Waals surface area contributed by atoms with Crippen molar-refractivity contribution < 1.29 is 162 Å². The predicted octanol–water partition coefficient (Wildman–Crippen LogP) is -2.11. The van der Waals surface area contributed by atoms with Gasteiger partial charge in [0.15, 0.2) is 17.7 Å². The van der Waals surface area contributed by atoms with Crippen molar-refractivity contribution in [3.8, 4) is 0 Å². The molecule has 0 aromatic heterocycles. The van der Waals surface area contributed by atoms with Gasteiger partial charge in [-0.1, -0.05) is 13.2 Å². The summed E-state index contributed by atoms with van der Waals surface area (Å²) in [6, 6.07) is 0. The number of carbonyl (C=O) groups is 11. The first-order valence-corrected chi connectivity index (χ1v) is 28.1. The standard InChI is InChI=1S/C28H45NO17.C21H36O14.C7H9NO3/c1-21(2)27(34)44-6-5-29-28(35)46-23(16-36-4)17-45-26(33)20-41-10-9-40-19-25(32)43-14-12-37-11-13-42-24(31)18-39-8-7-38-15-22(3)30;1-17(22)11-29-3-4-30-14-19(24)33-9-7-28-8-10-34-20(25)15-31-5-6-32-16-21(26)35-13-18(23)12-27-2;1-6(2)7(10)11-4-3-8-5-9/h23H,1,5-20H2,2-4H3,(H,29,35);18,23H,3-16H2,1-2H3;1,3-4H2,2H3. The van der Waals surface area contributed by atoms with E-state index in [2.05, 4.69) is 28.2 Å². The van der Waals surface area contributed by atoms with Crippen LogP contribution in [0.3, 0.4) is 0 Å². The molecule has 0 saturated carbocycles. The first kappa shape index (κ1) is 88.9. The van der Waals surface area contributed by atoms with Crippen LogP contribution in [0.25, 0.3) is 0 Å². The van der Waals surface area contributed by atoms with Gasteiger partial charge in [-0.25, -0.2) is 52.9 Å². The number of aliphatic hydroxyl groups excluding tert-OH is 1. The first-order chi connectivity index (χ1) is 44.1. The van der Waals surface area contributed by atoms with Gasteiger partial charge < -0.3 is 110 Å². The molecule has 528 valence electrons. The fourth-order valence-corrected chi connectivity index (χ4v) is 5.03. The third-order valence-corrected chi connectivity index (χ3v) is 9.04. The average molecular weight is 1340 g/mol. The summed E-state index contributed by atoms with van der Waals surface area (Å²) in [5, 5.41) is 11.7. The maximum Gasteiger partial charge on any atom is 0.407 e. The van der Waals surface area contributed by atoms with Gasteiger partial charge in [0.1, 0.15) is 112 Å². The Labute approximate surface area is 532 Å². The maximum absolute atomic E-state index is 11.9. The molecule has 2 atom stereocenters. The fourth-order valence-electron chi connectivity index (χ4n) is 5.03. The summed E-state index contributed by atoms with van der Waals surface area (Å²) in [4.78, 5) is 137. The average Bonchev–Trinajstić information content (AvgIpc) is 3.54. The van der Waals surface area contributed by atoms with Crippen molar-refractivity contribution in [2.75, 3.05) is 226 Å². The van der Waals surface area contributed by atoms with Gasteiger partial charge in [0.05, 0.1) is 106 Å². The summed E-state index contributed by atoms with van der Waals surface area (Å²) in [6.45, 7) is 11.6. The molecule has 36 heteroatoms. The number of Topliss-reactive ketones (excluding diaryl/α,β-unsaturated/α-hetero) is 2. The molecule has 0 spiro atoms. The number of hydrogen-bond donors (Lipinski definition) is 2. The van der Waals surface area contributed by atoms with Crippen LogP contribution in [0.15, 0.2) is 29.3 Å². The Morgan fingerprint density at radius 2 is 0.707 bits per heavy atom. The number of carbonyl (C=O) groups excluding carboxylic acids is 12. The fraction of sp³-hybridized carbons (Fsp3) is 0.714. The van der Waals surface area contributed by atoms with E-state index < -0.39 is 72.7 Å². The lowest BCUT2D eigenvalue weighted by Gasteiger charge is -2.17. The highest BCUT2D eigenvalue weighted by molar-refractivity contribution is 5.87. The number of esters is 8. The van der Waals surface area contributed by atoms with Crippen LogP contribution in [0, 0.1) is 0 Å². The summed E-state index contributed by atoms with van der Waals surface area (Å²) in [6.07, 6.45) is -1.29. The Hall–Kier alpha value is -7.29. The van der Waals surface area contributed by atoms with Crippen molar-refractivity contribution in [2.45, 2.75) is 39.9 Å². The summed E-state index contributed by atoms with van der Waals surface area (Å²) < 4.78 is 104. The second-order valence-corrected chi connectivity index (χ2v) is 17.6. The monoisotopic (exact) mass is 1330 g/mol. The van der Waals surface area contributed by atoms with E-state index in [4.69, 9.17) is 94.7 Å². The molecule has 0 bridgehead atoms. The molecule has 0 rings (SSSR count). The van der Waals surface area contributed by atoms with Crippen LogP contribution in [0.4, 0.5) is 4.79 Å². The number of amides is 1. The van der Waals surface area contributed by atoms with E-state index in [1.807, 2.05) is 0 Å². The summed E-state index contributed by atoms with van der Waals surface area (Å²) >= 11 is 0. The molecule has 92 heavy (non-hydrogen) atoms. The Bertz CT molecular complexity index is 2140. The van der Waals surface area contributed by atoms with Crippen molar-refractivity contribution in [2.24, 2.45) is 4.99 Å². The normalized spacial score (nSPS) is 11.0. The number of nitrogens with zero attached hydrogens (tertiary/aromatic N) is 1. The number of rotatable bonds is 57. The molecule has 0 fully saturated rings. The number of alkyl carbamates (subject to hydrolysis) is 1. The first-order valence-electron chi connectivity index (χ1n) is 28.1. The van der Waals surface area contributed by atoms with Crippen molar-refractivity contribution in [1.82, 2.24) is 5.32 Å². The minimum Gasteiger partial charge on any atom is -0.462 e. The Morgan fingerprint density at radius 3 is 1.03 bits per heavy atom. The van der Waals surface area contributed by atoms with Crippen molar-refractivity contribution in [3.63, 3.8) is 0 Å². The lowest BCUT2D eigenvalue weighted by atomic mass is 10.4. The van der Waals surface area contributed by atoms with Gasteiger partial charge in [-0.3, -0.25) is 9.59 Å². The summed E-state index contributed by atoms with van der Waals surface area (Å²) in [7, 11) is 2.79. The quantitative estimate of drug-likeness (QED) is 0.0164. The zero-order valence-corrected chi connectivity index (χ0v) is 53.1. The van der Waals surface area contributed by atoms with Gasteiger partial charge in [0.25, 0.3) is 0 Å². The van der Waals surface area contributed by atoms with Crippen LogP contribution >= 0.6 is 0 Å². The van der Waals surface area contributed by atoms with E-state index in [9.17, 15) is 62.6 Å². The smallest absolute Gasteiger partial charge is 0.407 e. The van der Waals surface area contributed by atoms with E-state index in [1.165, 1.54) is 41.1 Å². The largest absolute Gasteiger partial charge is 0.462 e. The molecule has 0 radical (unpaired) electrons. The second kappa shape index (κ2) is 65.2. The molecule has 0 aliphatic rings. The topological polar surface area (TPSA) is 443 Å². The SMILES string of the molecule is C=C(C)C(=O)OCCN=C=O.C=C(C)C(=O)OCCNC(=O)OC(COC)COC(=O)COCCOCC(=O)OCCOCCOC(=O)COCCOCC(C)=O.COCC(O)COC(=O)COCCOCC(=O)OCCOCCOC(=O)COCCOCC(C)=O. The Kier molecular flexibility index (Phi) is 63.0. The number of ether oxygens (including phenoxy) is 21. The molecule has 1 amide bonds. The zero-order chi connectivity index (χ0) is 69.3. The number of isocyanates is 1. The van der Waals surface area contributed by atoms with E-state index in [0.717, 1.165) is 0 Å². The third kappa shape index (κ3) is 68.6. The minimum absolute atomic E-state index is 0.000999. The second-order valence-electron chi connectivity index (χ2n) is 17.6. The highest BCUT2D eigenvalue weighted by atomic mass is 16.6. The molecule has 36 nitrogen and oxygen atoms in total. The Morgan fingerprint density at radius 1 is 0.391 bits per heavy atom.